The van der Waals surface area contributed by atoms with E-state index >= 15 is 0 Å². The van der Waals surface area contributed by atoms with E-state index in [4.69, 9.17) is 0 Å². The summed E-state index contributed by atoms with van der Waals surface area (Å²) in [6.07, 6.45) is 1.64. The van der Waals surface area contributed by atoms with E-state index in [0.717, 1.165) is 21.5 Å². The Balaban J connectivity index is 2.29. The van der Waals surface area contributed by atoms with Crippen molar-refractivity contribution in [2.24, 2.45) is 7.05 Å². The lowest BCUT2D eigenvalue weighted by Crippen LogP contribution is -1.92. The maximum Gasteiger partial charge on any atom is 0.182 e. The molecular weight excluding hydrogens is 277 g/mol. The third-order valence-corrected chi connectivity index (χ3v) is 3.72. The number of rotatable bonds is 3. The number of nitrogens with one attached hydrogen (secondary N) is 2. The summed E-state index contributed by atoms with van der Waals surface area (Å²) in [5.74, 6) is 0.343. The van der Waals surface area contributed by atoms with E-state index in [1.54, 1.807) is 11.0 Å². The maximum atomic E-state index is 14.1. The van der Waals surface area contributed by atoms with Crippen molar-refractivity contribution in [3.05, 3.63) is 29.8 Å². The van der Waals surface area contributed by atoms with Gasteiger partial charge < -0.3 is 4.98 Å². The van der Waals surface area contributed by atoms with Gasteiger partial charge in [-0.2, -0.15) is 5.10 Å². The van der Waals surface area contributed by atoms with Gasteiger partial charge in [-0.3, -0.25) is 9.40 Å². The summed E-state index contributed by atoms with van der Waals surface area (Å²) < 4.78 is 18.7. The van der Waals surface area contributed by atoms with Gasteiger partial charge in [-0.1, -0.05) is 0 Å². The topological polar surface area (TPSA) is 58.5 Å². The van der Waals surface area contributed by atoms with Crippen molar-refractivity contribution >= 4 is 22.9 Å². The Bertz CT molecular complexity index is 777. The highest BCUT2D eigenvalue weighted by molar-refractivity contribution is 7.97. The Labute approximate surface area is 119 Å². The van der Waals surface area contributed by atoms with E-state index in [-0.39, 0.29) is 5.82 Å². The summed E-state index contributed by atoms with van der Waals surface area (Å²) in [4.78, 5) is 7.35. The second-order valence-electron chi connectivity index (χ2n) is 4.52. The minimum absolute atomic E-state index is 0.264. The van der Waals surface area contributed by atoms with Crippen LogP contribution in [0.15, 0.2) is 23.5 Å². The lowest BCUT2D eigenvalue weighted by molar-refractivity contribution is 0.635. The van der Waals surface area contributed by atoms with Crippen LogP contribution in [0.25, 0.3) is 22.3 Å². The first kappa shape index (κ1) is 13.1. The Kier molecular flexibility index (Phi) is 3.23. The molecule has 2 N–H and O–H groups in total. The first-order valence-corrected chi connectivity index (χ1v) is 6.93. The molecule has 7 heteroatoms. The minimum atomic E-state index is -0.264. The van der Waals surface area contributed by atoms with Gasteiger partial charge in [-0.05, 0) is 43.6 Å². The van der Waals surface area contributed by atoms with Crippen LogP contribution in [-0.4, -0.2) is 26.8 Å². The first-order chi connectivity index (χ1) is 9.60. The molecule has 2 aromatic heterocycles. The summed E-state index contributed by atoms with van der Waals surface area (Å²) in [5, 5.41) is 5.97. The van der Waals surface area contributed by atoms with Gasteiger partial charge in [0.25, 0.3) is 0 Å². The number of aryl methyl sites for hydroxylation is 2. The lowest BCUT2D eigenvalue weighted by Gasteiger charge is -2.04. The van der Waals surface area contributed by atoms with Gasteiger partial charge in [-0.25, -0.2) is 9.37 Å². The van der Waals surface area contributed by atoms with E-state index in [2.05, 4.69) is 19.8 Å². The van der Waals surface area contributed by atoms with Crippen molar-refractivity contribution < 1.29 is 4.39 Å². The van der Waals surface area contributed by atoms with E-state index in [9.17, 15) is 4.39 Å². The molecule has 2 heterocycles. The van der Waals surface area contributed by atoms with E-state index in [1.165, 1.54) is 18.0 Å². The molecule has 0 atom stereocenters. The van der Waals surface area contributed by atoms with Crippen LogP contribution in [0.4, 0.5) is 4.39 Å². The molecule has 0 amide bonds. The number of hydrogen-bond acceptors (Lipinski definition) is 4. The monoisotopic (exact) mass is 291 g/mol. The zero-order valence-corrected chi connectivity index (χ0v) is 12.2. The molecule has 5 nitrogen and oxygen atoms in total. The normalized spacial score (nSPS) is 11.4. The van der Waals surface area contributed by atoms with Crippen molar-refractivity contribution in [1.29, 1.82) is 0 Å². The summed E-state index contributed by atoms with van der Waals surface area (Å²) in [6, 6.07) is 3.43. The Morgan fingerprint density at radius 2 is 2.20 bits per heavy atom. The molecule has 0 unspecified atom stereocenters. The number of nitrogens with zero attached hydrogens (tertiary/aromatic N) is 3. The Morgan fingerprint density at radius 1 is 1.40 bits per heavy atom. The predicted molar refractivity (Wildman–Crippen MR) is 77.9 cm³/mol. The maximum absolute atomic E-state index is 14.1. The fourth-order valence-electron chi connectivity index (χ4n) is 2.28. The van der Waals surface area contributed by atoms with Crippen LogP contribution in [0.2, 0.25) is 0 Å². The van der Waals surface area contributed by atoms with Gasteiger partial charge >= 0.3 is 0 Å². The third kappa shape index (κ3) is 2.08. The van der Waals surface area contributed by atoms with E-state index in [1.807, 2.05) is 27.1 Å². The number of hydrogen-bond donors (Lipinski definition) is 2. The van der Waals surface area contributed by atoms with Crippen molar-refractivity contribution in [1.82, 2.24) is 24.5 Å². The molecule has 3 aromatic rings. The van der Waals surface area contributed by atoms with Gasteiger partial charge in [0.05, 0.1) is 10.5 Å². The van der Waals surface area contributed by atoms with Crippen LogP contribution >= 0.6 is 11.9 Å². The molecular formula is C13H14FN5S. The molecule has 0 fully saturated rings. The summed E-state index contributed by atoms with van der Waals surface area (Å²) in [6.45, 7) is 1.87. The lowest BCUT2D eigenvalue weighted by atomic mass is 10.0. The fraction of sp³-hybridized carbons (Fsp3) is 0.231. The molecule has 1 aromatic carbocycles. The first-order valence-electron chi connectivity index (χ1n) is 6.11. The predicted octanol–water partition coefficient (Wildman–Crippen LogP) is 2.64. The molecule has 0 aliphatic rings. The van der Waals surface area contributed by atoms with Crippen LogP contribution in [-0.2, 0) is 7.05 Å². The molecule has 0 bridgehead atoms. The zero-order valence-electron chi connectivity index (χ0n) is 11.4. The van der Waals surface area contributed by atoms with Crippen LogP contribution < -0.4 is 4.72 Å². The quantitative estimate of drug-likeness (QED) is 0.728. The molecule has 0 saturated heterocycles. The smallest absolute Gasteiger partial charge is 0.182 e. The van der Waals surface area contributed by atoms with E-state index < -0.39 is 0 Å². The Morgan fingerprint density at radius 3 is 2.85 bits per heavy atom. The van der Waals surface area contributed by atoms with Crippen molar-refractivity contribution in [3.63, 3.8) is 0 Å². The number of fused-ring (bicyclic) bond motifs is 1. The van der Waals surface area contributed by atoms with Crippen LogP contribution in [0.5, 0.6) is 0 Å². The third-order valence-electron chi connectivity index (χ3n) is 3.07. The van der Waals surface area contributed by atoms with Gasteiger partial charge in [-0.15, -0.1) is 0 Å². The summed E-state index contributed by atoms with van der Waals surface area (Å²) in [7, 11) is 3.63. The van der Waals surface area contributed by atoms with Crippen molar-refractivity contribution in [3.8, 4) is 11.4 Å². The number of benzene rings is 1. The summed E-state index contributed by atoms with van der Waals surface area (Å²) >= 11 is 1.41. The molecule has 20 heavy (non-hydrogen) atoms. The molecule has 0 aliphatic heterocycles. The van der Waals surface area contributed by atoms with Crippen LogP contribution in [0.1, 0.15) is 5.56 Å². The number of halogens is 1. The van der Waals surface area contributed by atoms with Gasteiger partial charge in [0.15, 0.2) is 5.82 Å². The molecule has 3 rings (SSSR count). The molecule has 0 aliphatic carbocycles. The van der Waals surface area contributed by atoms with Gasteiger partial charge in [0.2, 0.25) is 0 Å². The van der Waals surface area contributed by atoms with E-state index in [0.29, 0.717) is 11.3 Å². The highest BCUT2D eigenvalue weighted by Crippen LogP contribution is 2.33. The van der Waals surface area contributed by atoms with Crippen LogP contribution in [0.3, 0.4) is 0 Å². The molecule has 0 radical (unpaired) electrons. The van der Waals surface area contributed by atoms with Crippen molar-refractivity contribution in [2.75, 3.05) is 7.05 Å². The second kappa shape index (κ2) is 4.92. The molecule has 104 valence electrons. The number of aromatic amines is 1. The van der Waals surface area contributed by atoms with Crippen LogP contribution in [0, 0.1) is 12.7 Å². The van der Waals surface area contributed by atoms with Gasteiger partial charge in [0.1, 0.15) is 12.1 Å². The summed E-state index contributed by atoms with van der Waals surface area (Å²) in [5.41, 5.74) is 2.17. The van der Waals surface area contributed by atoms with Crippen molar-refractivity contribution in [2.45, 2.75) is 11.9 Å². The highest BCUT2D eigenvalue weighted by Gasteiger charge is 2.17. The fourth-order valence-corrected chi connectivity index (χ4v) is 2.83. The average Bonchev–Trinajstić information content (AvgIpc) is 2.97. The highest BCUT2D eigenvalue weighted by atomic mass is 32.2. The number of H-pyrrole nitrogens is 1. The van der Waals surface area contributed by atoms with Gasteiger partial charge in [0, 0.05) is 18.0 Å². The standard InChI is InChI=1S/C13H14FN5S/c1-7-4-9(14)12-8(5-10(17-12)20-15-2)11(7)13-16-6-19(3)18-13/h4-6,15,17H,1-3H3. The second-order valence-corrected chi connectivity index (χ2v) is 5.57. The minimum Gasteiger partial charge on any atom is -0.346 e. The molecule has 0 saturated carbocycles. The number of aromatic nitrogens is 4. The Hall–Kier alpha value is -1.86. The SMILES string of the molecule is CNSc1cc2c(-c3ncn(C)n3)c(C)cc(F)c2[nH]1. The average molecular weight is 291 g/mol. The zero-order chi connectivity index (χ0) is 14.3. The largest absolute Gasteiger partial charge is 0.346 e. The molecule has 0 spiro atoms.